The molecular formula is C9H13F3O3. The Balaban J connectivity index is 2.46. The first-order valence-electron chi connectivity index (χ1n) is 4.80. The van der Waals surface area contributed by atoms with Gasteiger partial charge >= 0.3 is 12.1 Å². The van der Waals surface area contributed by atoms with Crippen LogP contribution in [0.15, 0.2) is 0 Å². The second-order valence-electron chi connectivity index (χ2n) is 3.94. The Bertz CT molecular complexity index is 231. The van der Waals surface area contributed by atoms with Gasteiger partial charge in [0, 0.05) is 0 Å². The fourth-order valence-electron chi connectivity index (χ4n) is 1.96. The van der Waals surface area contributed by atoms with Crippen LogP contribution in [0.3, 0.4) is 0 Å². The van der Waals surface area contributed by atoms with E-state index in [0.29, 0.717) is 0 Å². The highest BCUT2D eigenvalue weighted by Crippen LogP contribution is 2.40. The number of carboxylic acids is 1. The summed E-state index contributed by atoms with van der Waals surface area (Å²) in [5.41, 5.74) is 0. The second-order valence-corrected chi connectivity index (χ2v) is 3.94. The van der Waals surface area contributed by atoms with E-state index in [-0.39, 0.29) is 25.7 Å². The van der Waals surface area contributed by atoms with Gasteiger partial charge in [-0.05, 0) is 31.6 Å². The lowest BCUT2D eigenvalue weighted by Crippen LogP contribution is -2.35. The van der Waals surface area contributed by atoms with Crippen molar-refractivity contribution in [1.82, 2.24) is 0 Å². The van der Waals surface area contributed by atoms with Crippen molar-refractivity contribution in [3.05, 3.63) is 0 Å². The minimum Gasteiger partial charge on any atom is -0.479 e. The van der Waals surface area contributed by atoms with Crippen LogP contribution >= 0.6 is 0 Å². The van der Waals surface area contributed by atoms with Crippen LogP contribution in [0.5, 0.6) is 0 Å². The predicted molar refractivity (Wildman–Crippen MR) is 45.1 cm³/mol. The van der Waals surface area contributed by atoms with Gasteiger partial charge in [-0.3, -0.25) is 0 Å². The normalized spacial score (nSPS) is 29.9. The monoisotopic (exact) mass is 226 g/mol. The Morgan fingerprint density at radius 1 is 1.20 bits per heavy atom. The van der Waals surface area contributed by atoms with Crippen molar-refractivity contribution in [3.63, 3.8) is 0 Å². The lowest BCUT2D eigenvalue weighted by molar-refractivity contribution is -0.186. The Hall–Kier alpha value is -0.780. The molecule has 1 aliphatic carbocycles. The van der Waals surface area contributed by atoms with Gasteiger partial charge in [0.1, 0.15) is 0 Å². The minimum absolute atomic E-state index is 0.0848. The lowest BCUT2D eigenvalue weighted by atomic mass is 9.79. The molecular weight excluding hydrogens is 213 g/mol. The molecule has 0 aromatic rings. The molecule has 1 aliphatic rings. The van der Waals surface area contributed by atoms with Crippen LogP contribution in [-0.4, -0.2) is 28.5 Å². The van der Waals surface area contributed by atoms with Crippen molar-refractivity contribution in [2.24, 2.45) is 11.8 Å². The molecule has 0 amide bonds. The van der Waals surface area contributed by atoms with Crippen LogP contribution in [0.4, 0.5) is 13.2 Å². The second kappa shape index (κ2) is 4.38. The van der Waals surface area contributed by atoms with Crippen LogP contribution in [0, 0.1) is 11.8 Å². The summed E-state index contributed by atoms with van der Waals surface area (Å²) in [6.07, 6.45) is -5.65. The summed E-state index contributed by atoms with van der Waals surface area (Å²) in [6, 6.07) is 0. The van der Waals surface area contributed by atoms with Crippen LogP contribution in [0.1, 0.15) is 25.7 Å². The van der Waals surface area contributed by atoms with Gasteiger partial charge < -0.3 is 10.2 Å². The minimum atomic E-state index is -4.20. The van der Waals surface area contributed by atoms with Crippen molar-refractivity contribution in [2.45, 2.75) is 38.0 Å². The third-order valence-electron chi connectivity index (χ3n) is 2.93. The number of rotatable bonds is 2. The Kier molecular flexibility index (Phi) is 3.59. The average molecular weight is 226 g/mol. The van der Waals surface area contributed by atoms with E-state index in [1.165, 1.54) is 0 Å². The summed E-state index contributed by atoms with van der Waals surface area (Å²) in [6.45, 7) is 0. The number of aliphatic carboxylic acids is 1. The molecule has 1 fully saturated rings. The average Bonchev–Trinajstić information content (AvgIpc) is 2.15. The topological polar surface area (TPSA) is 57.5 Å². The maximum absolute atomic E-state index is 12.2. The molecule has 1 rings (SSSR count). The first-order valence-corrected chi connectivity index (χ1v) is 4.80. The fourth-order valence-corrected chi connectivity index (χ4v) is 1.96. The molecule has 1 atom stereocenters. The molecule has 88 valence electrons. The molecule has 0 aromatic heterocycles. The largest absolute Gasteiger partial charge is 0.479 e. The van der Waals surface area contributed by atoms with E-state index in [4.69, 9.17) is 10.2 Å². The zero-order valence-electron chi connectivity index (χ0n) is 8.00. The maximum Gasteiger partial charge on any atom is 0.391 e. The van der Waals surface area contributed by atoms with E-state index < -0.39 is 30.1 Å². The van der Waals surface area contributed by atoms with Crippen LogP contribution in [0.25, 0.3) is 0 Å². The van der Waals surface area contributed by atoms with Crippen molar-refractivity contribution >= 4 is 5.97 Å². The first kappa shape index (κ1) is 12.3. The first-order chi connectivity index (χ1) is 6.82. The molecule has 0 saturated heterocycles. The number of aliphatic hydroxyl groups excluding tert-OH is 1. The van der Waals surface area contributed by atoms with Crippen molar-refractivity contribution in [1.29, 1.82) is 0 Å². The zero-order valence-corrected chi connectivity index (χ0v) is 8.00. The smallest absolute Gasteiger partial charge is 0.391 e. The van der Waals surface area contributed by atoms with Gasteiger partial charge in [-0.15, -0.1) is 0 Å². The number of alkyl halides is 3. The molecule has 15 heavy (non-hydrogen) atoms. The number of halogens is 3. The van der Waals surface area contributed by atoms with Crippen molar-refractivity contribution in [3.8, 4) is 0 Å². The lowest BCUT2D eigenvalue weighted by Gasteiger charge is -2.30. The Labute approximate surface area is 84.9 Å². The van der Waals surface area contributed by atoms with E-state index >= 15 is 0 Å². The third-order valence-corrected chi connectivity index (χ3v) is 2.93. The molecule has 0 bridgehead atoms. The van der Waals surface area contributed by atoms with Gasteiger partial charge in [-0.25, -0.2) is 4.79 Å². The number of hydrogen-bond donors (Lipinski definition) is 2. The quantitative estimate of drug-likeness (QED) is 0.754. The van der Waals surface area contributed by atoms with E-state index in [1.807, 2.05) is 0 Å². The van der Waals surface area contributed by atoms with Gasteiger partial charge in [-0.2, -0.15) is 13.2 Å². The molecule has 2 N–H and O–H groups in total. The third kappa shape index (κ3) is 3.09. The molecule has 0 radical (unpaired) electrons. The zero-order chi connectivity index (χ0) is 11.6. The number of hydrogen-bond acceptors (Lipinski definition) is 2. The Morgan fingerprint density at radius 2 is 1.67 bits per heavy atom. The van der Waals surface area contributed by atoms with E-state index in [2.05, 4.69) is 0 Å². The molecule has 0 aromatic carbocycles. The van der Waals surface area contributed by atoms with Gasteiger partial charge in [0.25, 0.3) is 0 Å². The number of carboxylic acid groups (broad SMARTS) is 1. The number of aliphatic hydroxyl groups is 1. The highest BCUT2D eigenvalue weighted by atomic mass is 19.4. The van der Waals surface area contributed by atoms with E-state index in [0.717, 1.165) is 0 Å². The van der Waals surface area contributed by atoms with Gasteiger partial charge in [0.2, 0.25) is 0 Å². The summed E-state index contributed by atoms with van der Waals surface area (Å²) in [4.78, 5) is 10.4. The number of carbonyl (C=O) groups is 1. The fraction of sp³-hybridized carbons (Fsp3) is 0.889. The molecule has 1 saturated carbocycles. The summed E-state index contributed by atoms with van der Waals surface area (Å²) in [7, 11) is 0. The van der Waals surface area contributed by atoms with Gasteiger partial charge in [0.05, 0.1) is 5.92 Å². The standard InChI is InChI=1S/C9H13F3O3/c10-9(11,12)6-3-1-5(2-4-6)7(13)8(14)15/h5-7,13H,1-4H2,(H,14,15)/t5?,6?,7-/m0/s1. The van der Waals surface area contributed by atoms with Crippen molar-refractivity contribution < 1.29 is 28.2 Å². The molecule has 6 heteroatoms. The summed E-state index contributed by atoms with van der Waals surface area (Å²) in [5, 5.41) is 17.6. The van der Waals surface area contributed by atoms with Crippen LogP contribution in [-0.2, 0) is 4.79 Å². The highest BCUT2D eigenvalue weighted by molar-refractivity contribution is 5.72. The van der Waals surface area contributed by atoms with Crippen LogP contribution in [0.2, 0.25) is 0 Å². The van der Waals surface area contributed by atoms with Gasteiger partial charge in [0.15, 0.2) is 6.10 Å². The summed E-state index contributed by atoms with van der Waals surface area (Å²) in [5.74, 6) is -3.23. The summed E-state index contributed by atoms with van der Waals surface area (Å²) < 4.78 is 36.7. The van der Waals surface area contributed by atoms with Crippen molar-refractivity contribution in [2.75, 3.05) is 0 Å². The molecule has 3 nitrogen and oxygen atoms in total. The van der Waals surface area contributed by atoms with Gasteiger partial charge in [-0.1, -0.05) is 0 Å². The molecule has 0 unspecified atom stereocenters. The van der Waals surface area contributed by atoms with E-state index in [9.17, 15) is 18.0 Å². The molecule has 0 aliphatic heterocycles. The van der Waals surface area contributed by atoms with Crippen LogP contribution < -0.4 is 0 Å². The Morgan fingerprint density at radius 3 is 2.00 bits per heavy atom. The summed E-state index contributed by atoms with van der Waals surface area (Å²) >= 11 is 0. The highest BCUT2D eigenvalue weighted by Gasteiger charge is 2.43. The maximum atomic E-state index is 12.2. The SMILES string of the molecule is O=C(O)[C@@H](O)C1CCC(C(F)(F)F)CC1. The molecule has 0 spiro atoms. The predicted octanol–water partition coefficient (Wildman–Crippen LogP) is 1.80. The molecule has 0 heterocycles. The van der Waals surface area contributed by atoms with E-state index in [1.54, 1.807) is 0 Å².